The first-order valence-corrected chi connectivity index (χ1v) is 5.84. The van der Waals surface area contributed by atoms with E-state index in [4.69, 9.17) is 9.47 Å². The molecule has 1 N–H and O–H groups in total. The summed E-state index contributed by atoms with van der Waals surface area (Å²) in [6, 6.07) is 9.73. The van der Waals surface area contributed by atoms with Crippen LogP contribution in [0.15, 0.2) is 30.3 Å². The van der Waals surface area contributed by atoms with Crippen LogP contribution in [0.2, 0.25) is 0 Å². The molecule has 4 heteroatoms. The average Bonchev–Trinajstić information content (AvgIpc) is 2.34. The van der Waals surface area contributed by atoms with Gasteiger partial charge >= 0.3 is 0 Å². The summed E-state index contributed by atoms with van der Waals surface area (Å²) in [4.78, 5) is 11.5. The lowest BCUT2D eigenvalue weighted by atomic mass is 9.94. The third kappa shape index (κ3) is 2.65. The molecule has 1 aliphatic heterocycles. The predicted molar refractivity (Wildman–Crippen MR) is 63.3 cm³/mol. The minimum absolute atomic E-state index is 0.0633. The van der Waals surface area contributed by atoms with Crippen molar-refractivity contribution in [3.8, 4) is 0 Å². The number of carbonyl (C=O) groups excluding carboxylic acids is 1. The van der Waals surface area contributed by atoms with Gasteiger partial charge in [-0.1, -0.05) is 30.3 Å². The number of β-lactam (4-membered cyclic amide) rings is 1. The Hall–Kier alpha value is -1.39. The highest BCUT2D eigenvalue weighted by Gasteiger charge is 2.42. The number of ether oxygens (including phenoxy) is 2. The van der Waals surface area contributed by atoms with Gasteiger partial charge in [0.05, 0.1) is 6.04 Å². The van der Waals surface area contributed by atoms with E-state index >= 15 is 0 Å². The molecular formula is C13H17NO3. The summed E-state index contributed by atoms with van der Waals surface area (Å²) >= 11 is 0. The largest absolute Gasteiger partial charge is 0.353 e. The van der Waals surface area contributed by atoms with Gasteiger partial charge in [-0.05, 0) is 19.4 Å². The minimum atomic E-state index is -0.445. The molecule has 17 heavy (non-hydrogen) atoms. The molecule has 92 valence electrons. The Morgan fingerprint density at radius 2 is 2.06 bits per heavy atom. The zero-order valence-corrected chi connectivity index (χ0v) is 10.1. The van der Waals surface area contributed by atoms with Crippen LogP contribution < -0.4 is 5.32 Å². The zero-order valence-electron chi connectivity index (χ0n) is 10.1. The number of hydrogen-bond acceptors (Lipinski definition) is 3. The molecule has 1 aromatic rings. The van der Waals surface area contributed by atoms with Crippen molar-refractivity contribution in [3.63, 3.8) is 0 Å². The number of rotatable bonds is 5. The van der Waals surface area contributed by atoms with Gasteiger partial charge in [-0.15, -0.1) is 0 Å². The highest BCUT2D eigenvalue weighted by Crippen LogP contribution is 2.27. The van der Waals surface area contributed by atoms with Gasteiger partial charge in [0.1, 0.15) is 0 Å². The summed E-state index contributed by atoms with van der Waals surface area (Å²) < 4.78 is 10.9. The highest BCUT2D eigenvalue weighted by molar-refractivity contribution is 5.88. The second-order valence-corrected chi connectivity index (χ2v) is 3.98. The van der Waals surface area contributed by atoms with E-state index in [1.807, 2.05) is 37.3 Å². The molecule has 0 radical (unpaired) electrons. The molecule has 0 spiro atoms. The molecule has 0 saturated carbocycles. The topological polar surface area (TPSA) is 47.6 Å². The van der Waals surface area contributed by atoms with E-state index in [0.717, 1.165) is 5.56 Å². The first-order valence-electron chi connectivity index (χ1n) is 5.84. The minimum Gasteiger partial charge on any atom is -0.353 e. The molecule has 1 aliphatic rings. The molecule has 2 rings (SSSR count). The molecule has 1 amide bonds. The van der Waals surface area contributed by atoms with E-state index in [1.165, 1.54) is 0 Å². The van der Waals surface area contributed by atoms with Crippen LogP contribution in [-0.2, 0) is 14.3 Å². The van der Waals surface area contributed by atoms with Crippen molar-refractivity contribution in [1.82, 2.24) is 5.32 Å². The van der Waals surface area contributed by atoms with E-state index in [0.29, 0.717) is 6.61 Å². The van der Waals surface area contributed by atoms with Gasteiger partial charge in [0.15, 0.2) is 12.4 Å². The Kier molecular flexibility index (Phi) is 3.76. The Morgan fingerprint density at radius 3 is 2.65 bits per heavy atom. The van der Waals surface area contributed by atoms with Crippen molar-refractivity contribution in [3.05, 3.63) is 35.9 Å². The Bertz CT molecular complexity index is 380. The molecule has 3 atom stereocenters. The zero-order chi connectivity index (χ0) is 12.3. The maximum absolute atomic E-state index is 11.5. The second-order valence-electron chi connectivity index (χ2n) is 3.98. The molecule has 0 bridgehead atoms. The number of hydrogen-bond donors (Lipinski definition) is 1. The summed E-state index contributed by atoms with van der Waals surface area (Å²) in [6.07, 6.45) is -0.804. The maximum Gasteiger partial charge on any atom is 0.252 e. The molecule has 1 saturated heterocycles. The molecule has 1 aromatic carbocycles. The van der Waals surface area contributed by atoms with Gasteiger partial charge in [-0.3, -0.25) is 4.79 Å². The lowest BCUT2D eigenvalue weighted by Crippen LogP contribution is -2.58. The van der Waals surface area contributed by atoms with Crippen molar-refractivity contribution in [1.29, 1.82) is 0 Å². The molecule has 1 heterocycles. The van der Waals surface area contributed by atoms with Crippen LogP contribution in [0.3, 0.4) is 0 Å². The molecule has 0 aliphatic carbocycles. The second kappa shape index (κ2) is 5.29. The van der Waals surface area contributed by atoms with E-state index in [-0.39, 0.29) is 18.2 Å². The monoisotopic (exact) mass is 235 g/mol. The smallest absolute Gasteiger partial charge is 0.252 e. The number of amides is 1. The molecule has 4 nitrogen and oxygen atoms in total. The standard InChI is InChI=1S/C13H17NO3/c1-3-16-9(2)17-12-11(14-13(12)15)10-7-5-4-6-8-10/h4-9,11-12H,3H2,1-2H3,(H,14,15)/t9-,11+,12-/m1/s1. The van der Waals surface area contributed by atoms with Crippen LogP contribution >= 0.6 is 0 Å². The molecular weight excluding hydrogens is 218 g/mol. The van der Waals surface area contributed by atoms with Crippen LogP contribution in [0.1, 0.15) is 25.5 Å². The van der Waals surface area contributed by atoms with Gasteiger partial charge in [0.2, 0.25) is 0 Å². The summed E-state index contributed by atoms with van der Waals surface area (Å²) in [5, 5.41) is 2.84. The fourth-order valence-corrected chi connectivity index (χ4v) is 1.91. The van der Waals surface area contributed by atoms with Crippen molar-refractivity contribution >= 4 is 5.91 Å². The fourth-order valence-electron chi connectivity index (χ4n) is 1.91. The number of nitrogens with one attached hydrogen (secondary N) is 1. The Balaban J connectivity index is 1.99. The SMILES string of the molecule is CCO[C@@H](C)O[C@H]1C(=O)N[C@H]1c1ccccc1. The van der Waals surface area contributed by atoms with E-state index < -0.39 is 6.10 Å². The van der Waals surface area contributed by atoms with Crippen molar-refractivity contribution in [2.45, 2.75) is 32.3 Å². The normalized spacial score (nSPS) is 24.9. The summed E-state index contributed by atoms with van der Waals surface area (Å²) in [5.74, 6) is -0.0783. The lowest BCUT2D eigenvalue weighted by molar-refractivity contribution is -0.191. The molecule has 1 fully saturated rings. The third-order valence-corrected chi connectivity index (χ3v) is 2.76. The highest BCUT2D eigenvalue weighted by atomic mass is 16.7. The lowest BCUT2D eigenvalue weighted by Gasteiger charge is -2.38. The summed E-state index contributed by atoms with van der Waals surface area (Å²) in [6.45, 7) is 4.28. The maximum atomic E-state index is 11.5. The van der Waals surface area contributed by atoms with Crippen LogP contribution in [0.5, 0.6) is 0 Å². The van der Waals surface area contributed by atoms with Crippen molar-refractivity contribution in [2.24, 2.45) is 0 Å². The van der Waals surface area contributed by atoms with Crippen LogP contribution in [0, 0.1) is 0 Å². The van der Waals surface area contributed by atoms with Gasteiger partial charge in [-0.25, -0.2) is 0 Å². The third-order valence-electron chi connectivity index (χ3n) is 2.76. The fraction of sp³-hybridized carbons (Fsp3) is 0.462. The van der Waals surface area contributed by atoms with E-state index in [9.17, 15) is 4.79 Å². The van der Waals surface area contributed by atoms with Gasteiger partial charge in [0.25, 0.3) is 5.91 Å². The predicted octanol–water partition coefficient (Wildman–Crippen LogP) is 1.63. The first kappa shape index (κ1) is 12.1. The van der Waals surface area contributed by atoms with Crippen molar-refractivity contribution < 1.29 is 14.3 Å². The van der Waals surface area contributed by atoms with Gasteiger partial charge in [-0.2, -0.15) is 0 Å². The van der Waals surface area contributed by atoms with Gasteiger partial charge < -0.3 is 14.8 Å². The van der Waals surface area contributed by atoms with E-state index in [1.54, 1.807) is 6.92 Å². The average molecular weight is 235 g/mol. The Labute approximate surface area is 101 Å². The van der Waals surface area contributed by atoms with E-state index in [2.05, 4.69) is 5.32 Å². The number of carbonyl (C=O) groups is 1. The summed E-state index contributed by atoms with van der Waals surface area (Å²) in [5.41, 5.74) is 1.06. The quantitative estimate of drug-likeness (QED) is 0.623. The van der Waals surface area contributed by atoms with Gasteiger partial charge in [0, 0.05) is 6.61 Å². The Morgan fingerprint density at radius 1 is 1.35 bits per heavy atom. The van der Waals surface area contributed by atoms with Crippen LogP contribution in [-0.4, -0.2) is 24.9 Å². The summed E-state index contributed by atoms with van der Waals surface area (Å²) in [7, 11) is 0. The first-order chi connectivity index (χ1) is 8.22. The van der Waals surface area contributed by atoms with Crippen molar-refractivity contribution in [2.75, 3.05) is 6.61 Å². The molecule has 0 unspecified atom stereocenters. The van der Waals surface area contributed by atoms with Crippen LogP contribution in [0.4, 0.5) is 0 Å². The molecule has 0 aromatic heterocycles. The number of benzene rings is 1. The van der Waals surface area contributed by atoms with Crippen LogP contribution in [0.25, 0.3) is 0 Å².